The van der Waals surface area contributed by atoms with E-state index in [1.54, 1.807) is 12.5 Å². The highest BCUT2D eigenvalue weighted by Gasteiger charge is 2.24. The minimum Gasteiger partial charge on any atom is -0.464 e. The molecule has 4 nitrogen and oxygen atoms in total. The summed E-state index contributed by atoms with van der Waals surface area (Å²) in [6.07, 6.45) is 4.36. The number of fused-ring (bicyclic) bond motifs is 1. The molecule has 0 radical (unpaired) electrons. The van der Waals surface area contributed by atoms with Gasteiger partial charge in [-0.25, -0.2) is 4.98 Å². The number of anilines is 1. The number of hydrogen-bond acceptors (Lipinski definition) is 4. The lowest BCUT2D eigenvalue weighted by atomic mass is 9.84. The maximum absolute atomic E-state index is 5.69. The normalized spacial score (nSPS) is 13.8. The molecule has 98 valence electrons. The highest BCUT2D eigenvalue weighted by molar-refractivity contribution is 5.87. The smallest absolute Gasteiger partial charge is 0.139 e. The number of nitrogens with zero attached hydrogens (tertiary/aromatic N) is 1. The number of hydrogen-bond donors (Lipinski definition) is 2. The van der Waals surface area contributed by atoms with Crippen LogP contribution in [0, 0.1) is 5.41 Å². The van der Waals surface area contributed by atoms with Crippen LogP contribution < -0.4 is 11.1 Å². The third kappa shape index (κ3) is 2.64. The first kappa shape index (κ1) is 12.9. The highest BCUT2D eigenvalue weighted by atomic mass is 16.3. The number of furan rings is 1. The SMILES string of the molecule is CC(C)(C)C(CCN)Nc1nccc2occc12. The number of rotatable bonds is 4. The molecule has 1 atom stereocenters. The fourth-order valence-corrected chi connectivity index (χ4v) is 2.06. The Balaban J connectivity index is 2.28. The summed E-state index contributed by atoms with van der Waals surface area (Å²) in [5, 5.41) is 4.52. The van der Waals surface area contributed by atoms with E-state index in [0.717, 1.165) is 23.2 Å². The van der Waals surface area contributed by atoms with Crippen LogP contribution in [0.15, 0.2) is 29.0 Å². The number of pyridine rings is 1. The zero-order valence-electron chi connectivity index (χ0n) is 11.2. The molecule has 1 unspecified atom stereocenters. The van der Waals surface area contributed by atoms with Crippen LogP contribution in [0.5, 0.6) is 0 Å². The number of nitrogens with two attached hydrogens (primary N) is 1. The van der Waals surface area contributed by atoms with E-state index in [-0.39, 0.29) is 11.5 Å². The van der Waals surface area contributed by atoms with Gasteiger partial charge in [-0.1, -0.05) is 20.8 Å². The first-order valence-corrected chi connectivity index (χ1v) is 6.31. The Labute approximate surface area is 108 Å². The van der Waals surface area contributed by atoms with Gasteiger partial charge in [0.15, 0.2) is 0 Å². The second kappa shape index (κ2) is 4.98. The van der Waals surface area contributed by atoms with Gasteiger partial charge in [-0.05, 0) is 30.5 Å². The first-order valence-electron chi connectivity index (χ1n) is 6.31. The Morgan fingerprint density at radius 3 is 2.83 bits per heavy atom. The molecular formula is C14H21N3O. The van der Waals surface area contributed by atoms with Crippen LogP contribution in [0.3, 0.4) is 0 Å². The molecule has 4 heteroatoms. The van der Waals surface area contributed by atoms with Crippen LogP contribution in [0.2, 0.25) is 0 Å². The van der Waals surface area contributed by atoms with Crippen molar-refractivity contribution >= 4 is 16.8 Å². The van der Waals surface area contributed by atoms with Crippen molar-refractivity contribution in [3.63, 3.8) is 0 Å². The van der Waals surface area contributed by atoms with Gasteiger partial charge in [0.05, 0.1) is 11.6 Å². The molecule has 0 spiro atoms. The maximum Gasteiger partial charge on any atom is 0.139 e. The number of nitrogens with one attached hydrogen (secondary N) is 1. The Hall–Kier alpha value is -1.55. The maximum atomic E-state index is 5.69. The molecule has 18 heavy (non-hydrogen) atoms. The molecule has 3 N–H and O–H groups in total. The summed E-state index contributed by atoms with van der Waals surface area (Å²) in [4.78, 5) is 4.40. The van der Waals surface area contributed by atoms with Crippen molar-refractivity contribution < 1.29 is 4.42 Å². The zero-order valence-corrected chi connectivity index (χ0v) is 11.2. The monoisotopic (exact) mass is 247 g/mol. The summed E-state index contributed by atoms with van der Waals surface area (Å²) in [5.41, 5.74) is 6.68. The van der Waals surface area contributed by atoms with Crippen LogP contribution in [0.1, 0.15) is 27.2 Å². The lowest BCUT2D eigenvalue weighted by molar-refractivity contribution is 0.328. The molecule has 0 amide bonds. The second-order valence-electron chi connectivity index (χ2n) is 5.63. The largest absolute Gasteiger partial charge is 0.464 e. The first-order chi connectivity index (χ1) is 8.52. The molecule has 0 bridgehead atoms. The lowest BCUT2D eigenvalue weighted by Gasteiger charge is -2.31. The van der Waals surface area contributed by atoms with E-state index in [1.165, 1.54) is 0 Å². The Kier molecular flexibility index (Phi) is 3.57. The average Bonchev–Trinajstić information content (AvgIpc) is 2.76. The summed E-state index contributed by atoms with van der Waals surface area (Å²) in [5.74, 6) is 0.870. The van der Waals surface area contributed by atoms with Crippen molar-refractivity contribution in [2.75, 3.05) is 11.9 Å². The molecule has 0 aliphatic carbocycles. The van der Waals surface area contributed by atoms with Gasteiger partial charge in [0.1, 0.15) is 11.4 Å². The molecule has 2 aromatic rings. The van der Waals surface area contributed by atoms with Gasteiger partial charge < -0.3 is 15.5 Å². The van der Waals surface area contributed by atoms with Gasteiger partial charge in [-0.2, -0.15) is 0 Å². The summed E-state index contributed by atoms with van der Waals surface area (Å²) in [6.45, 7) is 7.28. The van der Waals surface area contributed by atoms with Crippen LogP contribution in [0.25, 0.3) is 11.0 Å². The van der Waals surface area contributed by atoms with Crippen LogP contribution in [0.4, 0.5) is 5.82 Å². The predicted molar refractivity (Wildman–Crippen MR) is 74.5 cm³/mol. The molecule has 2 heterocycles. The minimum atomic E-state index is 0.132. The molecule has 0 saturated carbocycles. The van der Waals surface area contributed by atoms with E-state index < -0.39 is 0 Å². The Bertz CT molecular complexity index is 513. The average molecular weight is 247 g/mol. The van der Waals surface area contributed by atoms with Gasteiger partial charge >= 0.3 is 0 Å². The van der Waals surface area contributed by atoms with Crippen LogP contribution in [-0.2, 0) is 0 Å². The zero-order chi connectivity index (χ0) is 13.2. The van der Waals surface area contributed by atoms with Gasteiger partial charge in [0.2, 0.25) is 0 Å². The van der Waals surface area contributed by atoms with Crippen molar-refractivity contribution in [1.29, 1.82) is 0 Å². The van der Waals surface area contributed by atoms with E-state index in [4.69, 9.17) is 10.2 Å². The van der Waals surface area contributed by atoms with Crippen molar-refractivity contribution in [2.24, 2.45) is 11.1 Å². The summed E-state index contributed by atoms with van der Waals surface area (Å²) >= 11 is 0. The summed E-state index contributed by atoms with van der Waals surface area (Å²) in [7, 11) is 0. The molecule has 0 saturated heterocycles. The summed E-state index contributed by atoms with van der Waals surface area (Å²) < 4.78 is 5.38. The summed E-state index contributed by atoms with van der Waals surface area (Å²) in [6, 6.07) is 4.10. The van der Waals surface area contributed by atoms with E-state index in [9.17, 15) is 0 Å². The van der Waals surface area contributed by atoms with Crippen molar-refractivity contribution in [3.05, 3.63) is 24.6 Å². The molecule has 2 aromatic heterocycles. The molecule has 2 rings (SSSR count). The van der Waals surface area contributed by atoms with Gasteiger partial charge in [0.25, 0.3) is 0 Å². The fraction of sp³-hybridized carbons (Fsp3) is 0.500. The molecule has 0 aliphatic heterocycles. The van der Waals surface area contributed by atoms with Crippen molar-refractivity contribution in [3.8, 4) is 0 Å². The van der Waals surface area contributed by atoms with Crippen molar-refractivity contribution in [1.82, 2.24) is 4.98 Å². The molecule has 0 fully saturated rings. The third-order valence-corrected chi connectivity index (χ3v) is 3.19. The van der Waals surface area contributed by atoms with E-state index >= 15 is 0 Å². The van der Waals surface area contributed by atoms with Gasteiger partial charge in [-0.15, -0.1) is 0 Å². The van der Waals surface area contributed by atoms with Crippen LogP contribution >= 0.6 is 0 Å². The standard InChI is InChI=1S/C14H21N3O/c1-14(2,3)12(4-7-15)17-13-10-6-9-18-11(10)5-8-16-13/h5-6,8-9,12H,4,7,15H2,1-3H3,(H,16,17). The molecule has 0 aliphatic rings. The van der Waals surface area contributed by atoms with Crippen LogP contribution in [-0.4, -0.2) is 17.6 Å². The highest BCUT2D eigenvalue weighted by Crippen LogP contribution is 2.28. The number of aromatic nitrogens is 1. The topological polar surface area (TPSA) is 64.1 Å². The van der Waals surface area contributed by atoms with E-state index in [2.05, 4.69) is 31.1 Å². The van der Waals surface area contributed by atoms with Gasteiger partial charge in [-0.3, -0.25) is 0 Å². The molecular weight excluding hydrogens is 226 g/mol. The fourth-order valence-electron chi connectivity index (χ4n) is 2.06. The Morgan fingerprint density at radius 1 is 1.39 bits per heavy atom. The minimum absolute atomic E-state index is 0.132. The van der Waals surface area contributed by atoms with E-state index in [1.807, 2.05) is 12.1 Å². The lowest BCUT2D eigenvalue weighted by Crippen LogP contribution is -2.36. The molecule has 0 aromatic carbocycles. The second-order valence-corrected chi connectivity index (χ2v) is 5.63. The predicted octanol–water partition coefficient (Wildman–Crippen LogP) is 3.00. The Morgan fingerprint density at radius 2 is 2.17 bits per heavy atom. The quantitative estimate of drug-likeness (QED) is 0.871. The third-order valence-electron chi connectivity index (χ3n) is 3.19. The van der Waals surface area contributed by atoms with E-state index in [0.29, 0.717) is 6.54 Å². The van der Waals surface area contributed by atoms with Gasteiger partial charge in [0, 0.05) is 12.2 Å². The van der Waals surface area contributed by atoms with Crippen molar-refractivity contribution in [2.45, 2.75) is 33.2 Å².